The molecule has 4 N–H and O–H groups in total. The smallest absolute Gasteiger partial charge is 0.290 e. The zero-order valence-electron chi connectivity index (χ0n) is 15.7. The fraction of sp³-hybridized carbons (Fsp3) is 0.222. The minimum Gasteiger partial charge on any atom is -0.483 e. The molecule has 1 aromatic carbocycles. The number of hydrogen-bond acceptors (Lipinski definition) is 7. The molecule has 0 saturated heterocycles. The fourth-order valence-electron chi connectivity index (χ4n) is 2.63. The Morgan fingerprint density at radius 1 is 1.38 bits per heavy atom. The number of amides is 2. The molecule has 0 fully saturated rings. The first-order valence-electron chi connectivity index (χ1n) is 8.29. The number of halogens is 1. The molecular weight excluding hydrogens is 400 g/mol. The molecule has 29 heavy (non-hydrogen) atoms. The number of nitrogens with two attached hydrogens (primary N) is 1. The van der Waals surface area contributed by atoms with Crippen LogP contribution in [-0.2, 0) is 15.1 Å². The molecule has 2 heterocycles. The number of rotatable bonds is 3. The summed E-state index contributed by atoms with van der Waals surface area (Å²) in [4.78, 5) is 46.3. The molecule has 1 aromatic heterocycles. The van der Waals surface area contributed by atoms with Gasteiger partial charge in [-0.25, -0.2) is 15.0 Å². The molecule has 152 valence electrons. The highest BCUT2D eigenvalue weighted by Crippen LogP contribution is 2.34. The molecule has 1 aliphatic rings. The van der Waals surface area contributed by atoms with Crippen molar-refractivity contribution in [1.29, 1.82) is 0 Å². The summed E-state index contributed by atoms with van der Waals surface area (Å²) in [5, 5.41) is 9.84. The number of anilines is 1. The van der Waals surface area contributed by atoms with E-state index in [4.69, 9.17) is 27.2 Å². The Bertz CT molecular complexity index is 950. The van der Waals surface area contributed by atoms with Gasteiger partial charge >= 0.3 is 0 Å². The summed E-state index contributed by atoms with van der Waals surface area (Å²) in [7, 11) is 1.59. The third-order valence-corrected chi connectivity index (χ3v) is 4.36. The van der Waals surface area contributed by atoms with Gasteiger partial charge in [0.05, 0.1) is 24.4 Å². The minimum absolute atomic E-state index is 0.120. The van der Waals surface area contributed by atoms with Gasteiger partial charge in [0.2, 0.25) is 5.91 Å². The van der Waals surface area contributed by atoms with Gasteiger partial charge in [-0.2, -0.15) is 0 Å². The third kappa shape index (κ3) is 5.26. The van der Waals surface area contributed by atoms with Gasteiger partial charge in [0.1, 0.15) is 10.8 Å². The Morgan fingerprint density at radius 2 is 2.07 bits per heavy atom. The number of carbonyl (C=O) groups excluding carboxylic acids is 2. The van der Waals surface area contributed by atoms with Crippen LogP contribution in [0.1, 0.15) is 29.4 Å². The Kier molecular flexibility index (Phi) is 6.84. The van der Waals surface area contributed by atoms with Crippen molar-refractivity contribution in [2.75, 3.05) is 12.4 Å². The molecular formula is C18H19ClN6O4. The number of hydrogen-bond donors (Lipinski definition) is 3. The average molecular weight is 419 g/mol. The molecule has 11 heteroatoms. The van der Waals surface area contributed by atoms with E-state index in [0.29, 0.717) is 5.69 Å². The number of aliphatic imine (C=N–C) groups is 1. The van der Waals surface area contributed by atoms with Gasteiger partial charge in [-0.05, 0) is 24.6 Å². The number of nitrogens with zero attached hydrogens (tertiary/aromatic N) is 4. The number of carbonyl (C=O) groups is 3. The second kappa shape index (κ2) is 9.11. The topological polar surface area (TPSA) is 151 Å². The fourth-order valence-corrected chi connectivity index (χ4v) is 2.73. The second-order valence-corrected chi connectivity index (χ2v) is 6.63. The zero-order chi connectivity index (χ0) is 21.6. The summed E-state index contributed by atoms with van der Waals surface area (Å²) in [5.74, 6) is -0.376. The Labute approximate surface area is 171 Å². The molecule has 0 saturated carbocycles. The van der Waals surface area contributed by atoms with E-state index in [9.17, 15) is 9.59 Å². The van der Waals surface area contributed by atoms with Gasteiger partial charge in [-0.1, -0.05) is 23.7 Å². The van der Waals surface area contributed by atoms with Crippen LogP contribution in [0.3, 0.4) is 0 Å². The first-order valence-corrected chi connectivity index (χ1v) is 8.67. The van der Waals surface area contributed by atoms with Gasteiger partial charge in [-0.3, -0.25) is 19.3 Å². The van der Waals surface area contributed by atoms with Gasteiger partial charge in [0.25, 0.3) is 12.4 Å². The van der Waals surface area contributed by atoms with Crippen LogP contribution >= 0.6 is 11.6 Å². The first-order chi connectivity index (χ1) is 13.7. The van der Waals surface area contributed by atoms with E-state index in [1.54, 1.807) is 25.2 Å². The van der Waals surface area contributed by atoms with Crippen LogP contribution in [0, 0.1) is 0 Å². The summed E-state index contributed by atoms with van der Waals surface area (Å²) < 4.78 is 0. The predicted molar refractivity (Wildman–Crippen MR) is 106 cm³/mol. The van der Waals surface area contributed by atoms with E-state index in [-0.39, 0.29) is 35.6 Å². The Morgan fingerprint density at radius 3 is 2.66 bits per heavy atom. The lowest BCUT2D eigenvalue weighted by atomic mass is 9.87. The van der Waals surface area contributed by atoms with Crippen molar-refractivity contribution in [2.24, 2.45) is 10.7 Å². The summed E-state index contributed by atoms with van der Waals surface area (Å²) in [6, 6.07) is 7.11. The standard InChI is InChI=1S/C17H17ClN6O2.CH2O2/c1-17(7-14(25)24(2)16(19)23-17)10-4-3-5-11(6-10)22-15(26)12-8-21-13(18)9-20-12;2-1-3/h3-6,8-9H,7H2,1-2H3,(H2,19,23)(H,22,26);1H,(H,2,3)/t17-;/m0./s1. The van der Waals surface area contributed by atoms with E-state index in [1.165, 1.54) is 17.3 Å². The number of guanidine groups is 1. The predicted octanol–water partition coefficient (Wildman–Crippen LogP) is 1.48. The van der Waals surface area contributed by atoms with Gasteiger partial charge in [0, 0.05) is 12.7 Å². The largest absolute Gasteiger partial charge is 0.483 e. The number of carboxylic acid groups (broad SMARTS) is 1. The lowest BCUT2D eigenvalue weighted by Crippen LogP contribution is -2.47. The molecule has 0 bridgehead atoms. The van der Waals surface area contributed by atoms with Gasteiger partial charge in [0.15, 0.2) is 5.96 Å². The first kappa shape index (κ1) is 21.8. The third-order valence-electron chi connectivity index (χ3n) is 4.17. The van der Waals surface area contributed by atoms with Crippen molar-refractivity contribution in [2.45, 2.75) is 18.9 Å². The van der Waals surface area contributed by atoms with E-state index in [0.717, 1.165) is 5.56 Å². The summed E-state index contributed by atoms with van der Waals surface area (Å²) in [6.45, 7) is 1.58. The number of benzene rings is 1. The summed E-state index contributed by atoms with van der Waals surface area (Å²) >= 11 is 5.67. The van der Waals surface area contributed by atoms with E-state index < -0.39 is 11.4 Å². The molecule has 10 nitrogen and oxygen atoms in total. The maximum Gasteiger partial charge on any atom is 0.290 e. The highest BCUT2D eigenvalue weighted by molar-refractivity contribution is 6.29. The van der Waals surface area contributed by atoms with E-state index in [2.05, 4.69) is 20.3 Å². The SMILES string of the molecule is CN1C(=O)C[C@@](C)(c2cccc(NC(=O)c3cnc(Cl)cn3)c2)N=C1N.O=CO. The highest BCUT2D eigenvalue weighted by atomic mass is 35.5. The quantitative estimate of drug-likeness (QED) is 0.638. The second-order valence-electron chi connectivity index (χ2n) is 6.24. The van der Waals surface area contributed by atoms with Crippen LogP contribution in [0.5, 0.6) is 0 Å². The van der Waals surface area contributed by atoms with Crippen LogP contribution in [0.2, 0.25) is 5.15 Å². The van der Waals surface area contributed by atoms with Crippen LogP contribution in [-0.4, -0.2) is 51.3 Å². The zero-order valence-corrected chi connectivity index (χ0v) is 16.4. The lowest BCUT2D eigenvalue weighted by molar-refractivity contribution is -0.128. The molecule has 0 unspecified atom stereocenters. The Hall–Kier alpha value is -3.53. The number of aromatic nitrogens is 2. The van der Waals surface area contributed by atoms with Gasteiger partial charge in [-0.15, -0.1) is 0 Å². The molecule has 1 aliphatic heterocycles. The van der Waals surface area contributed by atoms with E-state index in [1.807, 2.05) is 13.0 Å². The maximum atomic E-state index is 12.3. The molecule has 0 radical (unpaired) electrons. The monoisotopic (exact) mass is 418 g/mol. The van der Waals surface area contributed by atoms with Crippen molar-refractivity contribution in [3.05, 3.63) is 53.1 Å². The maximum absolute atomic E-state index is 12.3. The van der Waals surface area contributed by atoms with Crippen molar-refractivity contribution in [3.63, 3.8) is 0 Å². The minimum atomic E-state index is -0.797. The van der Waals surface area contributed by atoms with Crippen molar-refractivity contribution in [3.8, 4) is 0 Å². The van der Waals surface area contributed by atoms with Crippen LogP contribution in [0.15, 0.2) is 41.7 Å². The molecule has 2 amide bonds. The van der Waals surface area contributed by atoms with Crippen molar-refractivity contribution < 1.29 is 19.5 Å². The summed E-state index contributed by atoms with van der Waals surface area (Å²) in [6.07, 6.45) is 2.78. The molecule has 1 atom stereocenters. The van der Waals surface area contributed by atoms with Crippen LogP contribution < -0.4 is 11.1 Å². The average Bonchev–Trinajstić information content (AvgIpc) is 2.67. The molecule has 2 aromatic rings. The van der Waals surface area contributed by atoms with Crippen LogP contribution in [0.25, 0.3) is 0 Å². The Balaban J connectivity index is 0.000000941. The molecule has 0 aliphatic carbocycles. The molecule has 0 spiro atoms. The number of nitrogens with one attached hydrogen (secondary N) is 1. The van der Waals surface area contributed by atoms with Crippen LogP contribution in [0.4, 0.5) is 5.69 Å². The van der Waals surface area contributed by atoms with Crippen molar-refractivity contribution in [1.82, 2.24) is 14.9 Å². The normalized spacial score (nSPS) is 18.2. The van der Waals surface area contributed by atoms with Crippen molar-refractivity contribution >= 4 is 41.5 Å². The lowest BCUT2D eigenvalue weighted by Gasteiger charge is -2.33. The summed E-state index contributed by atoms with van der Waals surface area (Å²) in [5.41, 5.74) is 6.50. The molecule has 3 rings (SSSR count). The van der Waals surface area contributed by atoms with Gasteiger partial charge < -0.3 is 16.2 Å². The highest BCUT2D eigenvalue weighted by Gasteiger charge is 2.36. The van der Waals surface area contributed by atoms with E-state index >= 15 is 0 Å².